The van der Waals surface area contributed by atoms with Gasteiger partial charge >= 0.3 is 21.7 Å². The van der Waals surface area contributed by atoms with Crippen LogP contribution in [0, 0.1) is 48.5 Å². The maximum atomic E-state index is 2.45. The van der Waals surface area contributed by atoms with Crippen LogP contribution < -0.4 is 47.6 Å². The van der Waals surface area contributed by atoms with E-state index in [9.17, 15) is 0 Å². The molecule has 0 spiro atoms. The van der Waals surface area contributed by atoms with Crippen molar-refractivity contribution in [2.24, 2.45) is 0 Å². The molecule has 0 heterocycles. The fraction of sp³-hybridized carbons (Fsp3) is 0.258. The van der Waals surface area contributed by atoms with Crippen molar-refractivity contribution in [1.29, 1.82) is 0 Å². The van der Waals surface area contributed by atoms with E-state index >= 15 is 0 Å². The molecule has 0 aromatic heterocycles. The zero-order valence-electron chi connectivity index (χ0n) is 22.3. The van der Waals surface area contributed by atoms with Gasteiger partial charge in [-0.1, -0.05) is 102 Å². The van der Waals surface area contributed by atoms with Crippen LogP contribution in [-0.2, 0) is 27.8 Å². The van der Waals surface area contributed by atoms with Gasteiger partial charge in [-0.15, -0.1) is 39.9 Å². The molecule has 5 heteroatoms. The van der Waals surface area contributed by atoms with Crippen molar-refractivity contribution >= 4 is 19.2 Å². The standard InChI is InChI=1S/C31H35Si.3ClH.Ti/c1-20-16-21(2)18-28(17-20)32(30-15-11-12-22(3)23(30)4)19-29-25(6)24(5)26(7)31(29)27-13-9-8-10-14-27;;;;/h8-18,32H,19H2,1-7H3;3*1H;/q-1;;;;+4/p-3. The topological polar surface area (TPSA) is 0 Å². The Balaban J connectivity index is 0.00000306. The molecule has 0 amide bonds. The van der Waals surface area contributed by atoms with E-state index in [1.165, 1.54) is 50.1 Å². The number of halogens is 3. The molecule has 0 aliphatic carbocycles. The fourth-order valence-electron chi connectivity index (χ4n) is 5.33. The van der Waals surface area contributed by atoms with E-state index in [2.05, 4.69) is 115 Å². The van der Waals surface area contributed by atoms with Crippen molar-refractivity contribution < 1.29 is 58.9 Å². The molecule has 0 aliphatic rings. The van der Waals surface area contributed by atoms with Gasteiger partial charge in [0.15, 0.2) is 0 Å². The predicted molar refractivity (Wildman–Crippen MR) is 144 cm³/mol. The molecule has 1 unspecified atom stereocenters. The molecule has 0 N–H and O–H groups in total. The Hall–Kier alpha value is -1.19. The zero-order valence-corrected chi connectivity index (χ0v) is 27.3. The van der Waals surface area contributed by atoms with Gasteiger partial charge in [0, 0.05) is 0 Å². The van der Waals surface area contributed by atoms with Gasteiger partial charge in [-0.25, -0.2) is 0 Å². The average molecular weight is 590 g/mol. The molecule has 4 aromatic rings. The van der Waals surface area contributed by atoms with E-state index in [-0.39, 0.29) is 58.9 Å². The van der Waals surface area contributed by atoms with Crippen LogP contribution in [0.25, 0.3) is 11.1 Å². The summed E-state index contributed by atoms with van der Waals surface area (Å²) in [7, 11) is -1.49. The minimum Gasteiger partial charge on any atom is -1.00 e. The van der Waals surface area contributed by atoms with Gasteiger partial charge < -0.3 is 37.2 Å². The van der Waals surface area contributed by atoms with Gasteiger partial charge in [-0.05, 0) is 44.9 Å². The smallest absolute Gasteiger partial charge is 1.00 e. The molecule has 0 fully saturated rings. The van der Waals surface area contributed by atoms with E-state index in [1.807, 2.05) is 0 Å². The van der Waals surface area contributed by atoms with E-state index in [0.29, 0.717) is 0 Å². The van der Waals surface area contributed by atoms with Crippen LogP contribution in [0.5, 0.6) is 0 Å². The molecule has 1 atom stereocenters. The largest absolute Gasteiger partial charge is 4.00 e. The molecule has 188 valence electrons. The van der Waals surface area contributed by atoms with Crippen molar-refractivity contribution in [2.75, 3.05) is 0 Å². The van der Waals surface area contributed by atoms with E-state index in [0.717, 1.165) is 6.04 Å². The Morgan fingerprint density at radius 1 is 0.639 bits per heavy atom. The summed E-state index contributed by atoms with van der Waals surface area (Å²) >= 11 is 0. The summed E-state index contributed by atoms with van der Waals surface area (Å²) in [4.78, 5) is 0. The van der Waals surface area contributed by atoms with Crippen LogP contribution in [0.1, 0.15) is 44.5 Å². The summed E-state index contributed by atoms with van der Waals surface area (Å²) in [6.07, 6.45) is 0. The summed E-state index contributed by atoms with van der Waals surface area (Å²) in [6.45, 7) is 16.0. The number of benzene rings is 3. The van der Waals surface area contributed by atoms with Gasteiger partial charge in [0.1, 0.15) is 8.80 Å². The molecule has 0 nitrogen and oxygen atoms in total. The van der Waals surface area contributed by atoms with Gasteiger partial charge in [-0.3, -0.25) is 0 Å². The van der Waals surface area contributed by atoms with Crippen LogP contribution in [0.15, 0.2) is 66.7 Å². The Morgan fingerprint density at radius 3 is 1.81 bits per heavy atom. The van der Waals surface area contributed by atoms with Crippen molar-refractivity contribution in [3.8, 4) is 11.1 Å². The normalized spacial score (nSPS) is 10.9. The molecule has 0 aliphatic heterocycles. The SMILES string of the molecule is Cc1cc(C)cc([SiH](Cc2c(C)c(C)c(C)[c-]2-c2ccccc2)c2cccc(C)c2C)c1.[Cl-].[Cl-].[Cl-].[Ti+4]. The maximum absolute atomic E-state index is 2.45. The second-order valence-corrected chi connectivity index (χ2v) is 12.4. The first-order chi connectivity index (χ1) is 15.3. The zero-order chi connectivity index (χ0) is 23.0. The van der Waals surface area contributed by atoms with Crippen LogP contribution in [0.3, 0.4) is 0 Å². The third-order valence-corrected chi connectivity index (χ3v) is 10.7. The van der Waals surface area contributed by atoms with E-state index in [1.54, 1.807) is 15.9 Å². The van der Waals surface area contributed by atoms with E-state index < -0.39 is 8.80 Å². The Labute approximate surface area is 253 Å². The summed E-state index contributed by atoms with van der Waals surface area (Å²) in [6, 6.07) is 26.3. The number of hydrogen-bond donors (Lipinski definition) is 0. The van der Waals surface area contributed by atoms with Gasteiger partial charge in [0.2, 0.25) is 0 Å². The molecule has 36 heavy (non-hydrogen) atoms. The minimum atomic E-state index is -1.49. The maximum Gasteiger partial charge on any atom is 4.00 e. The molecular formula is C31H35Cl3SiTi. The van der Waals surface area contributed by atoms with Crippen molar-refractivity contribution in [1.82, 2.24) is 0 Å². The first kappa shape index (κ1) is 34.8. The van der Waals surface area contributed by atoms with Crippen molar-refractivity contribution in [3.63, 3.8) is 0 Å². The molecular weight excluding hydrogens is 555 g/mol. The quantitative estimate of drug-likeness (QED) is 0.177. The van der Waals surface area contributed by atoms with Gasteiger partial charge in [-0.2, -0.15) is 0 Å². The second kappa shape index (κ2) is 14.7. The average Bonchev–Trinajstić information content (AvgIpc) is 2.97. The Kier molecular flexibility index (Phi) is 14.2. The van der Waals surface area contributed by atoms with Crippen LogP contribution in [0.4, 0.5) is 0 Å². The monoisotopic (exact) mass is 588 g/mol. The molecule has 0 bridgehead atoms. The van der Waals surface area contributed by atoms with Gasteiger partial charge in [0.05, 0.1) is 0 Å². The molecule has 0 saturated carbocycles. The van der Waals surface area contributed by atoms with Crippen LogP contribution in [0.2, 0.25) is 0 Å². The third kappa shape index (κ3) is 7.01. The third-order valence-electron chi connectivity index (χ3n) is 7.39. The van der Waals surface area contributed by atoms with Gasteiger partial charge in [0.25, 0.3) is 0 Å². The Morgan fingerprint density at radius 2 is 1.22 bits per heavy atom. The number of rotatable bonds is 5. The summed E-state index contributed by atoms with van der Waals surface area (Å²) in [5, 5.41) is 3.15. The number of aryl methyl sites for hydroxylation is 3. The molecule has 0 saturated heterocycles. The molecule has 4 rings (SSSR count). The Bertz CT molecular complexity index is 1260. The summed E-state index contributed by atoms with van der Waals surface area (Å²) in [5.41, 5.74) is 14.4. The first-order valence-electron chi connectivity index (χ1n) is 11.7. The van der Waals surface area contributed by atoms with Crippen molar-refractivity contribution in [3.05, 3.63) is 111 Å². The first-order valence-corrected chi connectivity index (χ1v) is 13.7. The second-order valence-electron chi connectivity index (χ2n) is 9.56. The predicted octanol–water partition coefficient (Wildman–Crippen LogP) is -2.64. The summed E-state index contributed by atoms with van der Waals surface area (Å²) < 4.78 is 0. The van der Waals surface area contributed by atoms with Crippen molar-refractivity contribution in [2.45, 2.75) is 54.5 Å². The number of hydrogen-bond acceptors (Lipinski definition) is 0. The molecule has 0 radical (unpaired) electrons. The summed E-state index contributed by atoms with van der Waals surface area (Å²) in [5.74, 6) is 0. The fourth-order valence-corrected chi connectivity index (χ4v) is 9.09. The van der Waals surface area contributed by atoms with Crippen LogP contribution >= 0.6 is 0 Å². The minimum absolute atomic E-state index is 0. The van der Waals surface area contributed by atoms with Crippen LogP contribution in [-0.4, -0.2) is 8.80 Å². The molecule has 4 aromatic carbocycles. The van der Waals surface area contributed by atoms with E-state index in [4.69, 9.17) is 0 Å².